The third-order valence-corrected chi connectivity index (χ3v) is 5.60. The Hall–Kier alpha value is -2.70. The van der Waals surface area contributed by atoms with Crippen molar-refractivity contribution in [1.82, 2.24) is 15.3 Å². The van der Waals surface area contributed by atoms with Crippen molar-refractivity contribution in [2.75, 3.05) is 24.3 Å². The average Bonchev–Trinajstić information content (AvgIpc) is 2.68. The van der Waals surface area contributed by atoms with Gasteiger partial charge in [-0.3, -0.25) is 4.79 Å². The molecule has 0 saturated heterocycles. The van der Waals surface area contributed by atoms with Crippen LogP contribution in [-0.4, -0.2) is 42.1 Å². The zero-order valence-corrected chi connectivity index (χ0v) is 17.8. The second-order valence-electron chi connectivity index (χ2n) is 8.11. The fourth-order valence-corrected chi connectivity index (χ4v) is 3.73. The van der Waals surface area contributed by atoms with Gasteiger partial charge in [0.2, 0.25) is 5.95 Å². The number of hydrogen-bond donors (Lipinski definition) is 2. The molecule has 1 aromatic heterocycles. The first kappa shape index (κ1) is 21.0. The number of halogens is 1. The van der Waals surface area contributed by atoms with Gasteiger partial charge >= 0.3 is 0 Å². The molecule has 0 spiro atoms. The molecule has 1 fully saturated rings. The molecule has 1 aliphatic carbocycles. The van der Waals surface area contributed by atoms with Gasteiger partial charge < -0.3 is 15.5 Å². The van der Waals surface area contributed by atoms with Gasteiger partial charge in [0, 0.05) is 43.0 Å². The Morgan fingerprint density at radius 3 is 2.34 bits per heavy atom. The quantitative estimate of drug-likeness (QED) is 0.801. The summed E-state index contributed by atoms with van der Waals surface area (Å²) in [6.45, 7) is 5.70. The summed E-state index contributed by atoms with van der Waals surface area (Å²) in [4.78, 5) is 23.7. The molecule has 6 nitrogen and oxygen atoms in total. The average molecular weight is 400 g/mol. The number of nitrogens with one attached hydrogen (secondary N) is 2. The van der Waals surface area contributed by atoms with Gasteiger partial charge in [0.1, 0.15) is 11.6 Å². The number of benzene rings is 1. The first-order chi connectivity index (χ1) is 13.7. The standard InChI is InChI=1S/C22H30FN5O/c1-13-12-16(6-11-19(13)23)21(29)25-17-7-9-18(10-8-17)26-22-24-15(3)14(2)20(27-22)28(4)5/h6,11-12,17-18H,7-10H2,1-5H3,(H,25,29)(H,24,26,27). The number of aromatic nitrogens is 2. The van der Waals surface area contributed by atoms with Gasteiger partial charge in [-0.25, -0.2) is 9.37 Å². The molecule has 0 radical (unpaired) electrons. The van der Waals surface area contributed by atoms with Gasteiger partial charge in [0.05, 0.1) is 0 Å². The number of rotatable bonds is 5. The highest BCUT2D eigenvalue weighted by molar-refractivity contribution is 5.94. The van der Waals surface area contributed by atoms with Gasteiger partial charge in [-0.2, -0.15) is 4.98 Å². The summed E-state index contributed by atoms with van der Waals surface area (Å²) in [5.74, 6) is 1.15. The Labute approximate surface area is 171 Å². The second kappa shape index (κ2) is 8.76. The van der Waals surface area contributed by atoms with Crippen LogP contribution in [0.4, 0.5) is 16.2 Å². The molecule has 2 N–H and O–H groups in total. The number of hydrogen-bond acceptors (Lipinski definition) is 5. The normalized spacial score (nSPS) is 19.0. The van der Waals surface area contributed by atoms with E-state index in [1.807, 2.05) is 32.8 Å². The highest BCUT2D eigenvalue weighted by atomic mass is 19.1. The predicted octanol–water partition coefficient (Wildman–Crippen LogP) is 3.76. The molecule has 0 aliphatic heterocycles. The molecule has 1 heterocycles. The van der Waals surface area contributed by atoms with E-state index in [1.165, 1.54) is 12.1 Å². The number of anilines is 2. The van der Waals surface area contributed by atoms with Crippen LogP contribution in [0, 0.1) is 26.6 Å². The van der Waals surface area contributed by atoms with Crippen LogP contribution in [0.1, 0.15) is 52.9 Å². The minimum absolute atomic E-state index is 0.129. The molecule has 1 aromatic carbocycles. The fourth-order valence-electron chi connectivity index (χ4n) is 3.73. The van der Waals surface area contributed by atoms with E-state index in [0.29, 0.717) is 17.1 Å². The molecule has 156 valence electrons. The van der Waals surface area contributed by atoms with Crippen molar-refractivity contribution < 1.29 is 9.18 Å². The minimum Gasteiger partial charge on any atom is -0.362 e. The molecule has 0 unspecified atom stereocenters. The maximum absolute atomic E-state index is 13.4. The fraction of sp³-hybridized carbons (Fsp3) is 0.500. The van der Waals surface area contributed by atoms with Crippen LogP contribution < -0.4 is 15.5 Å². The summed E-state index contributed by atoms with van der Waals surface area (Å²) < 4.78 is 13.4. The highest BCUT2D eigenvalue weighted by Crippen LogP contribution is 2.24. The van der Waals surface area contributed by atoms with E-state index in [9.17, 15) is 9.18 Å². The van der Waals surface area contributed by atoms with Gasteiger partial charge in [0.25, 0.3) is 5.91 Å². The molecule has 7 heteroatoms. The van der Waals surface area contributed by atoms with Gasteiger partial charge in [0.15, 0.2) is 0 Å². The summed E-state index contributed by atoms with van der Waals surface area (Å²) in [5.41, 5.74) is 3.05. The van der Waals surface area contributed by atoms with Crippen molar-refractivity contribution in [3.05, 3.63) is 46.4 Å². The lowest BCUT2D eigenvalue weighted by Crippen LogP contribution is -2.40. The summed E-state index contributed by atoms with van der Waals surface area (Å²) in [5, 5.41) is 6.54. The van der Waals surface area contributed by atoms with E-state index in [-0.39, 0.29) is 23.8 Å². The van der Waals surface area contributed by atoms with Crippen LogP contribution in [-0.2, 0) is 0 Å². The molecular formula is C22H30FN5O. The van der Waals surface area contributed by atoms with E-state index in [2.05, 4.69) is 20.6 Å². The number of amides is 1. The first-order valence-electron chi connectivity index (χ1n) is 10.1. The van der Waals surface area contributed by atoms with Crippen LogP contribution in [0.15, 0.2) is 18.2 Å². The van der Waals surface area contributed by atoms with Crippen molar-refractivity contribution in [2.45, 2.75) is 58.5 Å². The molecule has 0 bridgehead atoms. The van der Waals surface area contributed by atoms with Crippen LogP contribution in [0.5, 0.6) is 0 Å². The Balaban J connectivity index is 1.55. The number of nitrogens with zero attached hydrogens (tertiary/aromatic N) is 3. The molecule has 1 aliphatic rings. The van der Waals surface area contributed by atoms with E-state index >= 15 is 0 Å². The number of carbonyl (C=O) groups excluding carboxylic acids is 1. The minimum atomic E-state index is -0.292. The second-order valence-corrected chi connectivity index (χ2v) is 8.11. The monoisotopic (exact) mass is 399 g/mol. The van der Waals surface area contributed by atoms with Crippen LogP contribution in [0.25, 0.3) is 0 Å². The third kappa shape index (κ3) is 5.02. The smallest absolute Gasteiger partial charge is 0.251 e. The number of aryl methyl sites for hydroxylation is 2. The Morgan fingerprint density at radius 2 is 1.72 bits per heavy atom. The van der Waals surface area contributed by atoms with Crippen molar-refractivity contribution >= 4 is 17.7 Å². The molecular weight excluding hydrogens is 369 g/mol. The zero-order chi connectivity index (χ0) is 21.1. The Morgan fingerprint density at radius 1 is 1.07 bits per heavy atom. The van der Waals surface area contributed by atoms with Gasteiger partial charge in [-0.15, -0.1) is 0 Å². The van der Waals surface area contributed by atoms with Gasteiger partial charge in [-0.05, 0) is 70.2 Å². The molecule has 29 heavy (non-hydrogen) atoms. The summed E-state index contributed by atoms with van der Waals surface area (Å²) in [6.07, 6.45) is 3.63. The van der Waals surface area contributed by atoms with Crippen molar-refractivity contribution in [3.63, 3.8) is 0 Å². The molecule has 0 atom stereocenters. The molecule has 3 rings (SSSR count). The lowest BCUT2D eigenvalue weighted by molar-refractivity contribution is 0.0926. The van der Waals surface area contributed by atoms with E-state index in [4.69, 9.17) is 0 Å². The van der Waals surface area contributed by atoms with Crippen molar-refractivity contribution in [3.8, 4) is 0 Å². The number of carbonyl (C=O) groups is 1. The van der Waals surface area contributed by atoms with Crippen LogP contribution in [0.2, 0.25) is 0 Å². The lowest BCUT2D eigenvalue weighted by atomic mass is 9.91. The molecule has 2 aromatic rings. The summed E-state index contributed by atoms with van der Waals surface area (Å²) in [6, 6.07) is 4.88. The molecule has 1 saturated carbocycles. The first-order valence-corrected chi connectivity index (χ1v) is 10.1. The van der Waals surface area contributed by atoms with E-state index in [0.717, 1.165) is 42.8 Å². The topological polar surface area (TPSA) is 70.2 Å². The van der Waals surface area contributed by atoms with Gasteiger partial charge in [-0.1, -0.05) is 0 Å². The van der Waals surface area contributed by atoms with Crippen molar-refractivity contribution in [1.29, 1.82) is 0 Å². The van der Waals surface area contributed by atoms with E-state index < -0.39 is 0 Å². The summed E-state index contributed by atoms with van der Waals surface area (Å²) >= 11 is 0. The SMILES string of the molecule is Cc1cc(C(=O)NC2CCC(Nc3nc(C)c(C)c(N(C)C)n3)CC2)ccc1F. The Kier molecular flexibility index (Phi) is 6.35. The third-order valence-electron chi connectivity index (χ3n) is 5.60. The molecule has 1 amide bonds. The predicted molar refractivity (Wildman–Crippen MR) is 114 cm³/mol. The highest BCUT2D eigenvalue weighted by Gasteiger charge is 2.24. The largest absolute Gasteiger partial charge is 0.362 e. The maximum Gasteiger partial charge on any atom is 0.251 e. The lowest BCUT2D eigenvalue weighted by Gasteiger charge is -2.30. The van der Waals surface area contributed by atoms with Crippen LogP contribution >= 0.6 is 0 Å². The zero-order valence-electron chi connectivity index (χ0n) is 17.8. The Bertz CT molecular complexity index is 891. The summed E-state index contributed by atoms with van der Waals surface area (Å²) in [7, 11) is 3.96. The maximum atomic E-state index is 13.4. The van der Waals surface area contributed by atoms with Crippen LogP contribution in [0.3, 0.4) is 0 Å². The van der Waals surface area contributed by atoms with E-state index in [1.54, 1.807) is 13.0 Å². The van der Waals surface area contributed by atoms with Crippen molar-refractivity contribution in [2.24, 2.45) is 0 Å².